The molecule has 4 heteroatoms. The molecule has 1 aliphatic heterocycles. The van der Waals surface area contributed by atoms with E-state index < -0.39 is 0 Å². The monoisotopic (exact) mass is 308 g/mol. The lowest BCUT2D eigenvalue weighted by atomic mass is 9.73. The van der Waals surface area contributed by atoms with E-state index in [9.17, 15) is 0 Å². The molecule has 0 spiro atoms. The van der Waals surface area contributed by atoms with E-state index in [0.29, 0.717) is 6.61 Å². The molecular formula is C18H33BO3. The maximum absolute atomic E-state index is 6.16. The van der Waals surface area contributed by atoms with Gasteiger partial charge in [-0.1, -0.05) is 38.8 Å². The fraction of sp³-hybridized carbons (Fsp3) is 0.778. The summed E-state index contributed by atoms with van der Waals surface area (Å²) in [6, 6.07) is 0. The van der Waals surface area contributed by atoms with Crippen molar-refractivity contribution in [3.05, 3.63) is 23.7 Å². The fourth-order valence-corrected chi connectivity index (χ4v) is 2.46. The van der Waals surface area contributed by atoms with Crippen LogP contribution in [0.3, 0.4) is 0 Å². The molecule has 0 aromatic rings. The zero-order chi connectivity index (χ0) is 16.8. The highest BCUT2D eigenvalue weighted by molar-refractivity contribution is 6.56. The van der Waals surface area contributed by atoms with Gasteiger partial charge in [0.05, 0.1) is 17.8 Å². The van der Waals surface area contributed by atoms with E-state index in [1.807, 2.05) is 0 Å². The first-order valence-electron chi connectivity index (χ1n) is 8.48. The van der Waals surface area contributed by atoms with Gasteiger partial charge in [0.2, 0.25) is 0 Å². The summed E-state index contributed by atoms with van der Waals surface area (Å²) in [5, 5.41) is 0. The highest BCUT2D eigenvalue weighted by Gasteiger charge is 2.52. The summed E-state index contributed by atoms with van der Waals surface area (Å²) in [5.74, 6) is 0. The van der Waals surface area contributed by atoms with Crippen LogP contribution in [0.15, 0.2) is 23.7 Å². The highest BCUT2D eigenvalue weighted by atomic mass is 16.7. The first-order chi connectivity index (χ1) is 10.2. The lowest BCUT2D eigenvalue weighted by molar-refractivity contribution is 0.00578. The van der Waals surface area contributed by atoms with Crippen molar-refractivity contribution < 1.29 is 14.0 Å². The zero-order valence-electron chi connectivity index (χ0n) is 15.3. The molecule has 1 rings (SSSR count). The zero-order valence-corrected chi connectivity index (χ0v) is 15.3. The summed E-state index contributed by atoms with van der Waals surface area (Å²) < 4.78 is 17.6. The molecule has 0 unspecified atom stereocenters. The van der Waals surface area contributed by atoms with Crippen molar-refractivity contribution in [3.8, 4) is 0 Å². The number of allylic oxidation sites excluding steroid dienone is 1. The Bertz CT molecular complexity index is 383. The molecule has 0 amide bonds. The van der Waals surface area contributed by atoms with Crippen LogP contribution in [0.1, 0.15) is 66.7 Å². The second-order valence-electron chi connectivity index (χ2n) is 7.13. The van der Waals surface area contributed by atoms with E-state index in [0.717, 1.165) is 17.5 Å². The van der Waals surface area contributed by atoms with Crippen molar-refractivity contribution in [2.24, 2.45) is 0 Å². The van der Waals surface area contributed by atoms with Crippen molar-refractivity contribution in [1.29, 1.82) is 0 Å². The van der Waals surface area contributed by atoms with Gasteiger partial charge in [-0.05, 0) is 51.6 Å². The minimum atomic E-state index is -0.348. The molecule has 0 saturated carbocycles. The van der Waals surface area contributed by atoms with E-state index in [4.69, 9.17) is 14.0 Å². The van der Waals surface area contributed by atoms with Crippen LogP contribution < -0.4 is 0 Å². The van der Waals surface area contributed by atoms with Crippen LogP contribution in [0, 0.1) is 0 Å². The van der Waals surface area contributed by atoms with Crippen LogP contribution in [0.2, 0.25) is 0 Å². The molecule has 1 saturated heterocycles. The molecule has 0 aromatic carbocycles. The standard InChI is InChI=1S/C18H33BO3/c1-8-9-10-11-12-13-16(15(2)14-20-7)19-21-17(3,4)18(5,6)22-19/h13H,2,8-12,14H2,1,3-7H3/b16-13+. The molecule has 0 bridgehead atoms. The Labute approximate surface area is 137 Å². The Balaban J connectivity index is 2.79. The quantitative estimate of drug-likeness (QED) is 0.350. The molecular weight excluding hydrogens is 275 g/mol. The molecule has 0 radical (unpaired) electrons. The van der Waals surface area contributed by atoms with Crippen LogP contribution in [0.25, 0.3) is 0 Å². The molecule has 1 aliphatic rings. The van der Waals surface area contributed by atoms with E-state index in [1.165, 1.54) is 25.7 Å². The molecule has 1 heterocycles. The Morgan fingerprint density at radius 1 is 1.09 bits per heavy atom. The Morgan fingerprint density at radius 3 is 2.18 bits per heavy atom. The van der Waals surface area contributed by atoms with Crippen molar-refractivity contribution in [2.45, 2.75) is 77.9 Å². The SMILES string of the molecule is C=C(COC)/C(=C\CCCCCC)B1OC(C)(C)C(C)(C)O1. The minimum Gasteiger partial charge on any atom is -0.399 e. The van der Waals surface area contributed by atoms with Crippen molar-refractivity contribution >= 4 is 7.12 Å². The summed E-state index contributed by atoms with van der Waals surface area (Å²) in [6.45, 7) is 15.2. The normalized spacial score (nSPS) is 20.5. The molecule has 0 aliphatic carbocycles. The third kappa shape index (κ3) is 4.97. The van der Waals surface area contributed by atoms with Crippen LogP contribution in [-0.2, 0) is 14.0 Å². The maximum Gasteiger partial charge on any atom is 0.494 e. The fourth-order valence-electron chi connectivity index (χ4n) is 2.46. The summed E-state index contributed by atoms with van der Waals surface area (Å²) >= 11 is 0. The summed E-state index contributed by atoms with van der Waals surface area (Å²) in [5.41, 5.74) is 1.33. The Hall–Kier alpha value is -0.575. The molecule has 22 heavy (non-hydrogen) atoms. The number of hydrogen-bond acceptors (Lipinski definition) is 3. The van der Waals surface area contributed by atoms with E-state index in [-0.39, 0.29) is 18.3 Å². The van der Waals surface area contributed by atoms with Gasteiger partial charge in [-0.25, -0.2) is 0 Å². The van der Waals surface area contributed by atoms with Crippen molar-refractivity contribution in [1.82, 2.24) is 0 Å². The van der Waals surface area contributed by atoms with Gasteiger partial charge in [-0.15, -0.1) is 0 Å². The molecule has 3 nitrogen and oxygen atoms in total. The van der Waals surface area contributed by atoms with Crippen LogP contribution in [-0.4, -0.2) is 32.0 Å². The minimum absolute atomic E-state index is 0.327. The highest BCUT2D eigenvalue weighted by Crippen LogP contribution is 2.39. The van der Waals surface area contributed by atoms with Crippen LogP contribution in [0.4, 0.5) is 0 Å². The van der Waals surface area contributed by atoms with Crippen LogP contribution >= 0.6 is 0 Å². The molecule has 0 N–H and O–H groups in total. The van der Waals surface area contributed by atoms with E-state index >= 15 is 0 Å². The largest absolute Gasteiger partial charge is 0.494 e. The van der Waals surface area contributed by atoms with E-state index in [1.54, 1.807) is 7.11 Å². The number of methoxy groups -OCH3 is 1. The number of ether oxygens (including phenoxy) is 1. The second-order valence-corrected chi connectivity index (χ2v) is 7.13. The van der Waals surface area contributed by atoms with Gasteiger partial charge < -0.3 is 14.0 Å². The predicted octanol–water partition coefficient (Wildman–Crippen LogP) is 4.72. The molecule has 126 valence electrons. The Morgan fingerprint density at radius 2 is 1.68 bits per heavy atom. The van der Waals surface area contributed by atoms with Crippen molar-refractivity contribution in [2.75, 3.05) is 13.7 Å². The lowest BCUT2D eigenvalue weighted by Crippen LogP contribution is -2.41. The molecule has 0 aromatic heterocycles. The first-order valence-corrected chi connectivity index (χ1v) is 8.48. The average molecular weight is 308 g/mol. The number of rotatable bonds is 9. The lowest BCUT2D eigenvalue weighted by Gasteiger charge is -2.32. The van der Waals surface area contributed by atoms with Gasteiger partial charge in [-0.3, -0.25) is 0 Å². The third-order valence-corrected chi connectivity index (χ3v) is 4.66. The summed E-state index contributed by atoms with van der Waals surface area (Å²) in [4.78, 5) is 0. The van der Waals surface area contributed by atoms with E-state index in [2.05, 4.69) is 47.3 Å². The topological polar surface area (TPSA) is 27.7 Å². The van der Waals surface area contributed by atoms with Gasteiger partial charge in [0.1, 0.15) is 0 Å². The average Bonchev–Trinajstić information content (AvgIpc) is 2.62. The second kappa shape index (κ2) is 8.33. The van der Waals surface area contributed by atoms with Gasteiger partial charge in [0.25, 0.3) is 0 Å². The smallest absolute Gasteiger partial charge is 0.399 e. The predicted molar refractivity (Wildman–Crippen MR) is 93.9 cm³/mol. The summed E-state index contributed by atoms with van der Waals surface area (Å²) in [7, 11) is 1.34. The van der Waals surface area contributed by atoms with Gasteiger partial charge in [0, 0.05) is 7.11 Å². The van der Waals surface area contributed by atoms with Gasteiger partial charge in [0.15, 0.2) is 0 Å². The molecule has 0 atom stereocenters. The van der Waals surface area contributed by atoms with Crippen LogP contribution in [0.5, 0.6) is 0 Å². The van der Waals surface area contributed by atoms with Gasteiger partial charge in [-0.2, -0.15) is 0 Å². The summed E-state index contributed by atoms with van der Waals surface area (Å²) in [6.07, 6.45) is 8.25. The number of unbranched alkanes of at least 4 members (excludes halogenated alkanes) is 4. The maximum atomic E-state index is 6.16. The third-order valence-electron chi connectivity index (χ3n) is 4.66. The number of hydrogen-bond donors (Lipinski definition) is 0. The van der Waals surface area contributed by atoms with Crippen molar-refractivity contribution in [3.63, 3.8) is 0 Å². The molecule has 1 fully saturated rings. The first kappa shape index (κ1) is 19.5. The van der Waals surface area contributed by atoms with Gasteiger partial charge >= 0.3 is 7.12 Å². The Kier molecular flexibility index (Phi) is 7.37.